The van der Waals surface area contributed by atoms with Crippen molar-refractivity contribution >= 4 is 35.9 Å². The van der Waals surface area contributed by atoms with Gasteiger partial charge >= 0.3 is 5.97 Å². The van der Waals surface area contributed by atoms with Gasteiger partial charge in [-0.3, -0.25) is 4.90 Å². The van der Waals surface area contributed by atoms with Gasteiger partial charge in [-0.1, -0.05) is 0 Å². The van der Waals surface area contributed by atoms with Crippen molar-refractivity contribution in [3.8, 4) is 0 Å². The van der Waals surface area contributed by atoms with Crippen LogP contribution >= 0.6 is 24.0 Å². The molecular weight excluding hydrogens is 451 g/mol. The molecular formula is C17H29IN4O4. The van der Waals surface area contributed by atoms with Crippen LogP contribution in [0.3, 0.4) is 0 Å². The van der Waals surface area contributed by atoms with Crippen LogP contribution in [-0.2, 0) is 16.0 Å². The van der Waals surface area contributed by atoms with Crippen LogP contribution in [0.5, 0.6) is 0 Å². The molecule has 8 nitrogen and oxygen atoms in total. The average Bonchev–Trinajstić information content (AvgIpc) is 3.00. The number of guanidine groups is 1. The van der Waals surface area contributed by atoms with Gasteiger partial charge in [-0.25, -0.2) is 9.79 Å². The van der Waals surface area contributed by atoms with Crippen LogP contribution in [0.25, 0.3) is 0 Å². The monoisotopic (exact) mass is 480 g/mol. The summed E-state index contributed by atoms with van der Waals surface area (Å²) < 4.78 is 15.7. The SMILES string of the molecule is CCNC(=NCc1cc(C(=O)OC)c(C)o1)NCCN1CCOCC1.I. The summed E-state index contributed by atoms with van der Waals surface area (Å²) in [5.74, 6) is 1.50. The van der Waals surface area contributed by atoms with E-state index in [9.17, 15) is 4.79 Å². The predicted molar refractivity (Wildman–Crippen MR) is 110 cm³/mol. The highest BCUT2D eigenvalue weighted by Gasteiger charge is 2.15. The van der Waals surface area contributed by atoms with Gasteiger partial charge in [0.25, 0.3) is 0 Å². The number of aryl methyl sites for hydroxylation is 1. The minimum absolute atomic E-state index is 0. The lowest BCUT2D eigenvalue weighted by Gasteiger charge is -2.26. The Labute approximate surface area is 171 Å². The highest BCUT2D eigenvalue weighted by atomic mass is 127. The summed E-state index contributed by atoms with van der Waals surface area (Å²) >= 11 is 0. The number of nitrogens with one attached hydrogen (secondary N) is 2. The van der Waals surface area contributed by atoms with Gasteiger partial charge in [-0.2, -0.15) is 0 Å². The van der Waals surface area contributed by atoms with Crippen molar-refractivity contribution < 1.29 is 18.7 Å². The summed E-state index contributed by atoms with van der Waals surface area (Å²) in [5, 5.41) is 6.53. The third-order valence-corrected chi connectivity index (χ3v) is 3.94. The van der Waals surface area contributed by atoms with Crippen LogP contribution in [0.4, 0.5) is 0 Å². The summed E-state index contributed by atoms with van der Waals surface area (Å²) in [5.41, 5.74) is 0.443. The van der Waals surface area contributed by atoms with Gasteiger partial charge in [0.2, 0.25) is 0 Å². The molecule has 0 bridgehead atoms. The fraction of sp³-hybridized carbons (Fsp3) is 0.647. The molecule has 1 aliphatic rings. The number of aliphatic imine (C=N–C) groups is 1. The van der Waals surface area contributed by atoms with Gasteiger partial charge in [-0.15, -0.1) is 24.0 Å². The predicted octanol–water partition coefficient (Wildman–Crippen LogP) is 1.38. The molecule has 26 heavy (non-hydrogen) atoms. The molecule has 148 valence electrons. The molecule has 9 heteroatoms. The Bertz CT molecular complexity index is 585. The molecule has 2 heterocycles. The zero-order valence-corrected chi connectivity index (χ0v) is 18.0. The van der Waals surface area contributed by atoms with Crippen LogP contribution in [0.15, 0.2) is 15.5 Å². The number of carbonyl (C=O) groups excluding carboxylic acids is 1. The third-order valence-electron chi connectivity index (χ3n) is 3.94. The first-order valence-electron chi connectivity index (χ1n) is 8.64. The Morgan fingerprint density at radius 1 is 1.35 bits per heavy atom. The maximum Gasteiger partial charge on any atom is 0.341 e. The first kappa shape index (κ1) is 22.7. The number of hydrogen-bond acceptors (Lipinski definition) is 6. The number of esters is 1. The Morgan fingerprint density at radius 3 is 2.73 bits per heavy atom. The number of rotatable bonds is 7. The van der Waals surface area contributed by atoms with Crippen LogP contribution in [-0.4, -0.2) is 69.9 Å². The lowest BCUT2D eigenvalue weighted by molar-refractivity contribution is 0.0389. The minimum Gasteiger partial charge on any atom is -0.465 e. The largest absolute Gasteiger partial charge is 0.465 e. The molecule has 1 aromatic rings. The van der Waals surface area contributed by atoms with Crippen molar-refractivity contribution in [3.63, 3.8) is 0 Å². The van der Waals surface area contributed by atoms with E-state index in [0.717, 1.165) is 51.9 Å². The van der Waals surface area contributed by atoms with E-state index in [1.54, 1.807) is 13.0 Å². The lowest BCUT2D eigenvalue weighted by Crippen LogP contribution is -2.44. The van der Waals surface area contributed by atoms with Crippen molar-refractivity contribution in [1.82, 2.24) is 15.5 Å². The molecule has 1 aromatic heterocycles. The van der Waals surface area contributed by atoms with Gasteiger partial charge in [-0.05, 0) is 19.9 Å². The average molecular weight is 480 g/mol. The molecule has 0 aromatic carbocycles. The first-order chi connectivity index (χ1) is 12.1. The Kier molecular flexibility index (Phi) is 10.6. The zero-order chi connectivity index (χ0) is 18.1. The maximum absolute atomic E-state index is 11.6. The molecule has 1 aliphatic heterocycles. The number of carbonyl (C=O) groups is 1. The number of nitrogens with zero attached hydrogens (tertiary/aromatic N) is 2. The van der Waals surface area contributed by atoms with Crippen LogP contribution in [0.2, 0.25) is 0 Å². The number of halogens is 1. The van der Waals surface area contributed by atoms with Gasteiger partial charge in [0.1, 0.15) is 23.6 Å². The van der Waals surface area contributed by atoms with Crippen molar-refractivity contribution in [2.24, 2.45) is 4.99 Å². The fourth-order valence-electron chi connectivity index (χ4n) is 2.59. The number of hydrogen-bond donors (Lipinski definition) is 2. The molecule has 0 spiro atoms. The maximum atomic E-state index is 11.6. The van der Waals surface area contributed by atoms with E-state index in [2.05, 4.69) is 20.5 Å². The molecule has 2 N–H and O–H groups in total. The second kappa shape index (κ2) is 12.1. The number of furan rings is 1. The second-order valence-electron chi connectivity index (χ2n) is 5.75. The molecule has 2 rings (SSSR count). The summed E-state index contributed by atoms with van der Waals surface area (Å²) in [6.07, 6.45) is 0. The van der Waals surface area contributed by atoms with Crippen molar-refractivity contribution in [1.29, 1.82) is 0 Å². The van der Waals surface area contributed by atoms with Crippen molar-refractivity contribution in [3.05, 3.63) is 23.2 Å². The normalized spacial score (nSPS) is 15.3. The van der Waals surface area contributed by atoms with E-state index in [1.807, 2.05) is 6.92 Å². The van der Waals surface area contributed by atoms with E-state index in [1.165, 1.54) is 7.11 Å². The molecule has 0 saturated carbocycles. The molecule has 0 amide bonds. The number of ether oxygens (including phenoxy) is 2. The van der Waals surface area contributed by atoms with Crippen LogP contribution < -0.4 is 10.6 Å². The van der Waals surface area contributed by atoms with E-state index >= 15 is 0 Å². The topological polar surface area (TPSA) is 88.3 Å². The highest BCUT2D eigenvalue weighted by molar-refractivity contribution is 14.0. The third kappa shape index (κ3) is 7.12. The van der Waals surface area contributed by atoms with Gasteiger partial charge < -0.3 is 24.5 Å². The summed E-state index contributed by atoms with van der Waals surface area (Å²) in [7, 11) is 1.36. The van der Waals surface area contributed by atoms with Gasteiger partial charge in [0, 0.05) is 32.7 Å². The Balaban J connectivity index is 0.00000338. The van der Waals surface area contributed by atoms with E-state index in [-0.39, 0.29) is 24.0 Å². The molecule has 0 radical (unpaired) electrons. The van der Waals surface area contributed by atoms with Crippen LogP contribution in [0, 0.1) is 6.92 Å². The second-order valence-corrected chi connectivity index (χ2v) is 5.75. The Morgan fingerprint density at radius 2 is 2.08 bits per heavy atom. The number of methoxy groups -OCH3 is 1. The molecule has 0 atom stereocenters. The smallest absolute Gasteiger partial charge is 0.341 e. The molecule has 0 aliphatic carbocycles. The number of morpholine rings is 1. The van der Waals surface area contributed by atoms with Crippen molar-refractivity contribution in [2.75, 3.05) is 53.0 Å². The molecule has 1 fully saturated rings. The minimum atomic E-state index is -0.396. The zero-order valence-electron chi connectivity index (χ0n) is 15.7. The van der Waals surface area contributed by atoms with E-state index in [0.29, 0.717) is 23.6 Å². The first-order valence-corrected chi connectivity index (χ1v) is 8.64. The molecule has 1 saturated heterocycles. The van der Waals surface area contributed by atoms with Crippen LogP contribution in [0.1, 0.15) is 28.8 Å². The van der Waals surface area contributed by atoms with Gasteiger partial charge in [0.15, 0.2) is 5.96 Å². The molecule has 0 unspecified atom stereocenters. The lowest BCUT2D eigenvalue weighted by atomic mass is 10.2. The van der Waals surface area contributed by atoms with E-state index < -0.39 is 5.97 Å². The fourth-order valence-corrected chi connectivity index (χ4v) is 2.59. The van der Waals surface area contributed by atoms with Crippen molar-refractivity contribution in [2.45, 2.75) is 20.4 Å². The summed E-state index contributed by atoms with van der Waals surface area (Å²) in [6, 6.07) is 1.68. The summed E-state index contributed by atoms with van der Waals surface area (Å²) in [6.45, 7) is 10.2. The highest BCUT2D eigenvalue weighted by Crippen LogP contribution is 2.16. The Hall–Kier alpha value is -1.33. The summed E-state index contributed by atoms with van der Waals surface area (Å²) in [4.78, 5) is 18.5. The standard InChI is InChI=1S/C17H28N4O4.HI/c1-4-18-17(19-5-6-21-7-9-24-10-8-21)20-12-14-11-15(13(2)25-14)16(22)23-3;/h11H,4-10,12H2,1-3H3,(H2,18,19,20);1H. The van der Waals surface area contributed by atoms with E-state index in [4.69, 9.17) is 13.9 Å². The quantitative estimate of drug-likeness (QED) is 0.264. The van der Waals surface area contributed by atoms with Gasteiger partial charge in [0.05, 0.1) is 20.3 Å².